The quantitative estimate of drug-likeness (QED) is 0.0490. The van der Waals surface area contributed by atoms with E-state index in [0.717, 1.165) is 48.1 Å². The number of nitrogens with one attached hydrogen (secondary N) is 1. The van der Waals surface area contributed by atoms with Crippen LogP contribution in [0.2, 0.25) is 0 Å². The summed E-state index contributed by atoms with van der Waals surface area (Å²) in [6, 6.07) is 16.5. The Labute approximate surface area is 349 Å². The summed E-state index contributed by atoms with van der Waals surface area (Å²) in [5.74, 6) is -2.49. The lowest BCUT2D eigenvalue weighted by Gasteiger charge is -2.31. The van der Waals surface area contributed by atoms with Gasteiger partial charge in [-0.15, -0.1) is 0 Å². The van der Waals surface area contributed by atoms with Crippen molar-refractivity contribution in [2.24, 2.45) is 17.4 Å². The Morgan fingerprint density at radius 1 is 1.02 bits per heavy atom. The zero-order chi connectivity index (χ0) is 43.6. The smallest absolute Gasteiger partial charge is 0.381 e. The van der Waals surface area contributed by atoms with Crippen LogP contribution in [0.1, 0.15) is 85.8 Å². The summed E-state index contributed by atoms with van der Waals surface area (Å²) in [5, 5.41) is 3.05. The van der Waals surface area contributed by atoms with E-state index in [9.17, 15) is 32.5 Å². The topological polar surface area (TPSA) is 212 Å². The number of amides is 3. The molecule has 2 aliphatic heterocycles. The number of primary amides is 1. The van der Waals surface area contributed by atoms with Gasteiger partial charge in [-0.05, 0) is 98.4 Å². The monoisotopic (exact) mass is 852 g/mol. The summed E-state index contributed by atoms with van der Waals surface area (Å²) in [6.45, 7) is 5.60. The Balaban J connectivity index is 1.25. The summed E-state index contributed by atoms with van der Waals surface area (Å²) in [5.41, 5.74) is 11.1. The highest BCUT2D eigenvalue weighted by Crippen LogP contribution is 2.59. The number of para-hydroxylation sites is 1. The van der Waals surface area contributed by atoms with Crippen LogP contribution in [-0.4, -0.2) is 71.2 Å². The van der Waals surface area contributed by atoms with Gasteiger partial charge in [0.15, 0.2) is 5.78 Å². The third-order valence-electron chi connectivity index (χ3n) is 11.1. The van der Waals surface area contributed by atoms with Crippen molar-refractivity contribution in [1.82, 2.24) is 5.32 Å². The number of alkyl halides is 2. The summed E-state index contributed by atoms with van der Waals surface area (Å²) >= 11 is 0. The molecule has 13 nitrogen and oxygen atoms in total. The Bertz CT molecular complexity index is 2070. The number of anilines is 1. The van der Waals surface area contributed by atoms with Crippen molar-refractivity contribution >= 4 is 42.4 Å². The molecule has 3 aromatic rings. The summed E-state index contributed by atoms with van der Waals surface area (Å²) in [7, 11) is -5.75. The van der Waals surface area contributed by atoms with Gasteiger partial charge in [0, 0.05) is 44.0 Å². The van der Waals surface area contributed by atoms with E-state index in [1.807, 2.05) is 49.4 Å². The molecular formula is C44H55F2N4O9P. The molecule has 3 aromatic carbocycles. The normalized spacial score (nSPS) is 17.8. The van der Waals surface area contributed by atoms with Gasteiger partial charge in [-0.1, -0.05) is 66.7 Å². The van der Waals surface area contributed by atoms with Gasteiger partial charge in [0.25, 0.3) is 0 Å². The van der Waals surface area contributed by atoms with Crippen LogP contribution in [0.5, 0.6) is 0 Å². The number of ether oxygens (including phenoxy) is 2. The average Bonchev–Trinajstić information content (AvgIpc) is 3.55. The Morgan fingerprint density at radius 2 is 1.68 bits per heavy atom. The number of nitrogens with two attached hydrogens (primary N) is 2. The minimum atomic E-state index is -5.75. The highest BCUT2D eigenvalue weighted by molar-refractivity contribution is 7.52. The Hall–Kier alpha value is -4.63. The van der Waals surface area contributed by atoms with Gasteiger partial charge in [0.05, 0.1) is 24.4 Å². The number of benzene rings is 3. The van der Waals surface area contributed by atoms with Gasteiger partial charge >= 0.3 is 13.3 Å². The summed E-state index contributed by atoms with van der Waals surface area (Å²) in [4.78, 5) is 73.5. The zero-order valence-electron chi connectivity index (χ0n) is 34.0. The lowest BCUT2D eigenvalue weighted by molar-refractivity contribution is -0.130. The number of carbonyl (C=O) groups excluding carboxylic acids is 4. The molecule has 0 spiro atoms. The average molecular weight is 853 g/mol. The highest BCUT2D eigenvalue weighted by Gasteiger charge is 2.50. The number of hydrogen-bond donors (Lipinski definition) is 5. The molecule has 0 fully saturated rings. The first-order valence-electron chi connectivity index (χ1n) is 20.2. The fourth-order valence-electron chi connectivity index (χ4n) is 7.63. The molecule has 7 N–H and O–H groups in total. The first kappa shape index (κ1) is 46.4. The van der Waals surface area contributed by atoms with Gasteiger partial charge in [0.1, 0.15) is 6.04 Å². The lowest BCUT2D eigenvalue weighted by atomic mass is 9.92. The molecule has 0 saturated carbocycles. The molecule has 2 heterocycles. The SMILES string of the molecule is C/C(=C\C(=O)C[C@H]1CCc2cccc3c2N(C1=O)[C@H](C(=O)N[C@@H](CCC(N)=O)[C@@H](C)OCc1ccc(CCCOCCCN)cc1)C3)c1ccc(C(F)(F)P(=O)(O)O)cc1. The van der Waals surface area contributed by atoms with Crippen molar-refractivity contribution in [2.45, 2.75) is 102 Å². The van der Waals surface area contributed by atoms with Gasteiger partial charge in [-0.2, -0.15) is 8.78 Å². The molecule has 0 unspecified atom stereocenters. The molecule has 0 bridgehead atoms. The number of halogens is 2. The standard InChI is InChI=1S/C44H55F2N4O9P/c1-28(32-15-17-36(18-16-32)44(45,46)60(55,56)57)24-37(51)25-35-14-13-33-7-3-8-34-26-39(50(41(33)34)43(35)54)42(53)49-38(19-20-40(48)52)29(2)59-27-31-11-9-30(10-12-31)6-4-22-58-23-5-21-47/h3,7-12,15-18,24,29,35,38-39H,4-6,13-14,19-23,25-27,47H2,1-2H3,(H2,48,52)(H,49,53)(H2,55,56,57)/b28-24+/t29-,35-,38+,39+/m1/s1. The van der Waals surface area contributed by atoms with Crippen molar-refractivity contribution in [3.8, 4) is 0 Å². The van der Waals surface area contributed by atoms with Gasteiger partial charge in [0.2, 0.25) is 17.7 Å². The number of carbonyl (C=O) groups is 4. The molecular weight excluding hydrogens is 797 g/mol. The summed E-state index contributed by atoms with van der Waals surface area (Å²) < 4.78 is 51.4. The van der Waals surface area contributed by atoms with Crippen LogP contribution in [0.4, 0.5) is 14.5 Å². The second-order valence-electron chi connectivity index (χ2n) is 15.6. The fraction of sp³-hybridized carbons (Fsp3) is 0.455. The number of rotatable bonds is 22. The van der Waals surface area contributed by atoms with Crippen LogP contribution in [0.15, 0.2) is 72.8 Å². The van der Waals surface area contributed by atoms with Crippen LogP contribution in [0.3, 0.4) is 0 Å². The molecule has 5 rings (SSSR count). The molecule has 0 aliphatic carbocycles. The second-order valence-corrected chi connectivity index (χ2v) is 17.2. The maximum Gasteiger partial charge on any atom is 0.399 e. The van der Waals surface area contributed by atoms with E-state index in [1.165, 1.54) is 28.7 Å². The van der Waals surface area contributed by atoms with Gasteiger partial charge in [-0.25, -0.2) is 0 Å². The molecule has 0 radical (unpaired) electrons. The molecule has 3 amide bonds. The molecule has 324 valence electrons. The first-order valence-corrected chi connectivity index (χ1v) is 21.9. The number of hydrogen-bond acceptors (Lipinski definition) is 8. The Kier molecular flexibility index (Phi) is 16.1. The van der Waals surface area contributed by atoms with Gasteiger partial charge in [-0.3, -0.25) is 28.6 Å². The fourth-order valence-corrected chi connectivity index (χ4v) is 8.12. The van der Waals surface area contributed by atoms with Crippen molar-refractivity contribution < 1.29 is 51.8 Å². The molecule has 16 heteroatoms. The predicted molar refractivity (Wildman–Crippen MR) is 223 cm³/mol. The molecule has 2 aliphatic rings. The third-order valence-corrected chi connectivity index (χ3v) is 12.1. The second kappa shape index (κ2) is 20.8. The zero-order valence-corrected chi connectivity index (χ0v) is 34.9. The highest BCUT2D eigenvalue weighted by atomic mass is 31.2. The molecule has 0 aromatic heterocycles. The van der Waals surface area contributed by atoms with Crippen molar-refractivity contribution in [1.29, 1.82) is 0 Å². The predicted octanol–water partition coefficient (Wildman–Crippen LogP) is 5.45. The maximum absolute atomic E-state index is 14.4. The number of nitrogens with zero attached hydrogens (tertiary/aromatic N) is 1. The van der Waals surface area contributed by atoms with E-state index < -0.39 is 60.5 Å². The van der Waals surface area contributed by atoms with E-state index in [4.69, 9.17) is 30.7 Å². The first-order chi connectivity index (χ1) is 28.5. The van der Waals surface area contributed by atoms with Crippen LogP contribution in [0, 0.1) is 5.92 Å². The molecule has 4 atom stereocenters. The third kappa shape index (κ3) is 11.8. The summed E-state index contributed by atoms with van der Waals surface area (Å²) in [6.07, 6.45) is 4.52. The number of ketones is 1. The van der Waals surface area contributed by atoms with Crippen LogP contribution >= 0.6 is 7.60 Å². The van der Waals surface area contributed by atoms with E-state index in [-0.39, 0.29) is 38.2 Å². The van der Waals surface area contributed by atoms with Crippen LogP contribution in [0.25, 0.3) is 5.57 Å². The number of allylic oxidation sites excluding steroid dienone is 2. The maximum atomic E-state index is 14.4. The van der Waals surface area contributed by atoms with E-state index in [1.54, 1.807) is 6.92 Å². The van der Waals surface area contributed by atoms with Crippen molar-refractivity contribution in [2.75, 3.05) is 24.7 Å². The minimum Gasteiger partial charge on any atom is -0.381 e. The van der Waals surface area contributed by atoms with E-state index >= 15 is 0 Å². The van der Waals surface area contributed by atoms with Crippen molar-refractivity contribution in [3.05, 3.63) is 106 Å². The van der Waals surface area contributed by atoms with Crippen LogP contribution in [-0.2, 0) is 64.7 Å². The van der Waals surface area contributed by atoms with E-state index in [0.29, 0.717) is 49.4 Å². The van der Waals surface area contributed by atoms with Crippen molar-refractivity contribution in [3.63, 3.8) is 0 Å². The molecule has 60 heavy (non-hydrogen) atoms. The number of aryl methyl sites for hydroxylation is 2. The largest absolute Gasteiger partial charge is 0.399 e. The Morgan fingerprint density at radius 3 is 2.35 bits per heavy atom. The minimum absolute atomic E-state index is 0.00209. The lowest BCUT2D eigenvalue weighted by Crippen LogP contribution is -2.54. The molecule has 0 saturated heterocycles. The van der Waals surface area contributed by atoms with Crippen LogP contribution < -0.4 is 21.7 Å². The van der Waals surface area contributed by atoms with E-state index in [2.05, 4.69) is 5.32 Å². The van der Waals surface area contributed by atoms with Gasteiger partial charge < -0.3 is 36.0 Å².